The first kappa shape index (κ1) is 17.3. The number of hydrogen-bond donors (Lipinski definition) is 2. The minimum absolute atomic E-state index is 0.131. The van der Waals surface area contributed by atoms with Gasteiger partial charge in [0, 0.05) is 19.6 Å². The van der Waals surface area contributed by atoms with Crippen LogP contribution in [0.4, 0.5) is 18.0 Å². The van der Waals surface area contributed by atoms with Crippen LogP contribution in [0, 0.1) is 0 Å². The molecule has 1 aromatic rings. The third-order valence-corrected chi connectivity index (χ3v) is 2.88. The number of benzene rings is 1. The summed E-state index contributed by atoms with van der Waals surface area (Å²) in [5, 5.41) is 11.5. The number of carbonyl (C=O) groups excluding carboxylic acids is 1. The van der Waals surface area contributed by atoms with Gasteiger partial charge in [0.15, 0.2) is 0 Å². The van der Waals surface area contributed by atoms with Crippen LogP contribution in [-0.4, -0.2) is 35.7 Å². The van der Waals surface area contributed by atoms with Crippen molar-refractivity contribution in [1.82, 2.24) is 10.2 Å². The van der Waals surface area contributed by atoms with Crippen molar-refractivity contribution in [3.05, 3.63) is 35.4 Å². The predicted molar refractivity (Wildman–Crippen MR) is 72.6 cm³/mol. The highest BCUT2D eigenvalue weighted by atomic mass is 19.4. The molecule has 0 aromatic heterocycles. The first-order valence-corrected chi connectivity index (χ1v) is 6.68. The number of rotatable bonds is 6. The highest BCUT2D eigenvalue weighted by Gasteiger charge is 2.29. The minimum atomic E-state index is -4.36. The lowest BCUT2D eigenvalue weighted by atomic mass is 10.1. The van der Waals surface area contributed by atoms with Crippen molar-refractivity contribution in [3.8, 4) is 0 Å². The smallest absolute Gasteiger partial charge is 0.395 e. The largest absolute Gasteiger partial charge is 0.416 e. The Morgan fingerprint density at radius 3 is 2.33 bits per heavy atom. The van der Waals surface area contributed by atoms with Crippen LogP contribution < -0.4 is 5.32 Å². The molecular formula is C14H19F3N2O2. The predicted octanol–water partition coefficient (Wildman–Crippen LogP) is 2.62. The number of nitrogens with one attached hydrogen (secondary N) is 1. The van der Waals surface area contributed by atoms with Gasteiger partial charge in [0.1, 0.15) is 0 Å². The average Bonchev–Trinajstić information content (AvgIpc) is 2.44. The minimum Gasteiger partial charge on any atom is -0.395 e. The second-order valence-electron chi connectivity index (χ2n) is 4.56. The molecule has 2 amide bonds. The molecule has 0 saturated carbocycles. The summed E-state index contributed by atoms with van der Waals surface area (Å²) in [6.07, 6.45) is -3.60. The second-order valence-corrected chi connectivity index (χ2v) is 4.56. The molecule has 0 heterocycles. The number of carbonyl (C=O) groups is 1. The van der Waals surface area contributed by atoms with Gasteiger partial charge in [-0.15, -0.1) is 0 Å². The summed E-state index contributed by atoms with van der Waals surface area (Å²) < 4.78 is 37.2. The van der Waals surface area contributed by atoms with Crippen molar-refractivity contribution in [2.75, 3.05) is 19.7 Å². The zero-order valence-corrected chi connectivity index (χ0v) is 11.8. The van der Waals surface area contributed by atoms with Crippen LogP contribution in [0.15, 0.2) is 24.3 Å². The van der Waals surface area contributed by atoms with Crippen LogP contribution in [0.5, 0.6) is 0 Å². The molecule has 2 N–H and O–H groups in total. The average molecular weight is 304 g/mol. The van der Waals surface area contributed by atoms with E-state index < -0.39 is 11.7 Å². The van der Waals surface area contributed by atoms with Crippen molar-refractivity contribution in [2.45, 2.75) is 26.1 Å². The molecule has 0 spiro atoms. The molecule has 0 aliphatic carbocycles. The Morgan fingerprint density at radius 2 is 1.86 bits per heavy atom. The van der Waals surface area contributed by atoms with Crippen molar-refractivity contribution in [2.24, 2.45) is 0 Å². The van der Waals surface area contributed by atoms with Gasteiger partial charge in [-0.3, -0.25) is 0 Å². The first-order chi connectivity index (χ1) is 9.88. The van der Waals surface area contributed by atoms with Gasteiger partial charge in [0.2, 0.25) is 0 Å². The maximum absolute atomic E-state index is 12.4. The van der Waals surface area contributed by atoms with Crippen LogP contribution in [0.2, 0.25) is 0 Å². The molecule has 0 saturated heterocycles. The Morgan fingerprint density at radius 1 is 1.24 bits per heavy atom. The molecule has 0 aliphatic rings. The summed E-state index contributed by atoms with van der Waals surface area (Å²) in [4.78, 5) is 13.3. The van der Waals surface area contributed by atoms with Gasteiger partial charge in [-0.05, 0) is 24.1 Å². The number of aliphatic hydroxyl groups is 1. The summed E-state index contributed by atoms with van der Waals surface area (Å²) in [6.45, 7) is 2.66. The van der Waals surface area contributed by atoms with E-state index in [1.807, 2.05) is 6.92 Å². The summed E-state index contributed by atoms with van der Waals surface area (Å²) in [7, 11) is 0. The third-order valence-electron chi connectivity index (χ3n) is 2.88. The van der Waals surface area contributed by atoms with Gasteiger partial charge < -0.3 is 15.3 Å². The maximum atomic E-state index is 12.4. The Labute approximate surface area is 121 Å². The van der Waals surface area contributed by atoms with Gasteiger partial charge >= 0.3 is 12.2 Å². The molecule has 118 valence electrons. The fraction of sp³-hybridized carbons (Fsp3) is 0.500. The molecule has 1 aromatic carbocycles. The number of hydrogen-bond acceptors (Lipinski definition) is 2. The highest BCUT2D eigenvalue weighted by molar-refractivity contribution is 5.74. The summed E-state index contributed by atoms with van der Waals surface area (Å²) in [5.74, 6) is 0. The van der Waals surface area contributed by atoms with E-state index in [0.717, 1.165) is 18.6 Å². The molecule has 7 heteroatoms. The fourth-order valence-corrected chi connectivity index (χ4v) is 1.81. The molecule has 21 heavy (non-hydrogen) atoms. The fourth-order valence-electron chi connectivity index (χ4n) is 1.81. The van der Waals surface area contributed by atoms with E-state index in [1.165, 1.54) is 17.0 Å². The zero-order chi connectivity index (χ0) is 15.9. The maximum Gasteiger partial charge on any atom is 0.416 e. The Balaban J connectivity index is 2.56. The topological polar surface area (TPSA) is 52.6 Å². The van der Waals surface area contributed by atoms with E-state index in [4.69, 9.17) is 5.11 Å². The number of aliphatic hydroxyl groups excluding tert-OH is 1. The molecule has 0 radical (unpaired) electrons. The lowest BCUT2D eigenvalue weighted by Crippen LogP contribution is -2.41. The van der Waals surface area contributed by atoms with Crippen molar-refractivity contribution >= 4 is 6.03 Å². The van der Waals surface area contributed by atoms with Crippen LogP contribution >= 0.6 is 0 Å². The molecule has 0 atom stereocenters. The quantitative estimate of drug-likeness (QED) is 0.849. The number of urea groups is 1. The van der Waals surface area contributed by atoms with Gasteiger partial charge in [-0.1, -0.05) is 19.1 Å². The summed E-state index contributed by atoms with van der Waals surface area (Å²) in [6, 6.07) is 4.29. The normalized spacial score (nSPS) is 11.3. The highest BCUT2D eigenvalue weighted by Crippen LogP contribution is 2.28. The Hall–Kier alpha value is -1.76. The first-order valence-electron chi connectivity index (χ1n) is 6.68. The molecule has 1 rings (SSSR count). The SMILES string of the molecule is CCCN(CCO)C(=O)NCc1ccc(C(F)(F)F)cc1. The van der Waals surface area contributed by atoms with Crippen molar-refractivity contribution in [3.63, 3.8) is 0 Å². The van der Waals surface area contributed by atoms with Gasteiger partial charge in [0.05, 0.1) is 12.2 Å². The third kappa shape index (κ3) is 5.63. The van der Waals surface area contributed by atoms with Crippen molar-refractivity contribution < 1.29 is 23.1 Å². The number of nitrogens with zero attached hydrogens (tertiary/aromatic N) is 1. The molecule has 4 nitrogen and oxygen atoms in total. The van der Waals surface area contributed by atoms with Crippen LogP contribution in [-0.2, 0) is 12.7 Å². The van der Waals surface area contributed by atoms with Gasteiger partial charge in [-0.25, -0.2) is 4.79 Å². The van der Waals surface area contributed by atoms with E-state index in [-0.39, 0.29) is 25.7 Å². The monoisotopic (exact) mass is 304 g/mol. The van der Waals surface area contributed by atoms with Crippen LogP contribution in [0.25, 0.3) is 0 Å². The van der Waals surface area contributed by atoms with Gasteiger partial charge in [-0.2, -0.15) is 13.2 Å². The Bertz CT molecular complexity index is 441. The second kappa shape index (κ2) is 7.87. The van der Waals surface area contributed by atoms with Crippen LogP contribution in [0.1, 0.15) is 24.5 Å². The van der Waals surface area contributed by atoms with E-state index in [1.54, 1.807) is 0 Å². The van der Waals surface area contributed by atoms with E-state index in [0.29, 0.717) is 12.1 Å². The summed E-state index contributed by atoms with van der Waals surface area (Å²) >= 11 is 0. The molecule has 0 aliphatic heterocycles. The van der Waals surface area contributed by atoms with Crippen LogP contribution in [0.3, 0.4) is 0 Å². The Kier molecular flexibility index (Phi) is 6.48. The van der Waals surface area contributed by atoms with E-state index >= 15 is 0 Å². The molecular weight excluding hydrogens is 285 g/mol. The van der Waals surface area contributed by atoms with Gasteiger partial charge in [0.25, 0.3) is 0 Å². The van der Waals surface area contributed by atoms with E-state index in [9.17, 15) is 18.0 Å². The molecule has 0 fully saturated rings. The zero-order valence-electron chi connectivity index (χ0n) is 11.8. The lowest BCUT2D eigenvalue weighted by molar-refractivity contribution is -0.137. The molecule has 0 unspecified atom stereocenters. The number of amides is 2. The van der Waals surface area contributed by atoms with E-state index in [2.05, 4.69) is 5.32 Å². The molecule has 0 bridgehead atoms. The number of halogens is 3. The summed E-state index contributed by atoms with van der Waals surface area (Å²) in [5.41, 5.74) is -0.137. The number of alkyl halides is 3. The standard InChI is InChI=1S/C14H19F3N2O2/c1-2-7-19(8-9-20)13(21)18-10-11-3-5-12(6-4-11)14(15,16)17/h3-6,20H,2,7-10H2,1H3,(H,18,21). The van der Waals surface area contributed by atoms with Crippen molar-refractivity contribution in [1.29, 1.82) is 0 Å². The lowest BCUT2D eigenvalue weighted by Gasteiger charge is -2.21.